The molecule has 150 valence electrons. The predicted molar refractivity (Wildman–Crippen MR) is 114 cm³/mol. The molecule has 30 heavy (non-hydrogen) atoms. The molecule has 0 radical (unpaired) electrons. The third kappa shape index (κ3) is 3.02. The van der Waals surface area contributed by atoms with E-state index in [0.29, 0.717) is 23.6 Å². The lowest BCUT2D eigenvalue weighted by Gasteiger charge is -2.25. The maximum absolute atomic E-state index is 5.91. The minimum atomic E-state index is 0.525. The summed E-state index contributed by atoms with van der Waals surface area (Å²) < 4.78 is 5.91. The van der Waals surface area contributed by atoms with Crippen LogP contribution in [-0.4, -0.2) is 50.5 Å². The Labute approximate surface area is 174 Å². The third-order valence-corrected chi connectivity index (χ3v) is 6.28. The number of fused-ring (bicyclic) bond motifs is 2. The maximum atomic E-state index is 5.91. The standard InChI is InChI=1S/C23H22N6O/c1-2-5-16(6-3-1)12-28-10-8-18-13-29(14-19(18)28)21-20-23(26-15-25-21)30-22(27-20)17-7-4-9-24-11-17/h1-7,9,11,15,18-19H,8,10,12-14H2. The van der Waals surface area contributed by atoms with Crippen molar-refractivity contribution >= 4 is 17.0 Å². The number of oxazole rings is 1. The van der Waals surface area contributed by atoms with Crippen molar-refractivity contribution in [2.45, 2.75) is 19.0 Å². The first-order chi connectivity index (χ1) is 14.8. The smallest absolute Gasteiger partial charge is 0.252 e. The molecule has 0 spiro atoms. The second-order valence-electron chi connectivity index (χ2n) is 8.09. The Morgan fingerprint density at radius 1 is 1.03 bits per heavy atom. The molecule has 6 rings (SSSR count). The van der Waals surface area contributed by atoms with Crippen LogP contribution in [0.4, 0.5) is 5.82 Å². The van der Waals surface area contributed by atoms with Crippen molar-refractivity contribution in [2.24, 2.45) is 5.92 Å². The van der Waals surface area contributed by atoms with E-state index in [1.54, 1.807) is 18.7 Å². The fourth-order valence-corrected chi connectivity index (χ4v) is 4.82. The molecule has 2 saturated heterocycles. The summed E-state index contributed by atoms with van der Waals surface area (Å²) in [6, 6.07) is 15.1. The van der Waals surface area contributed by atoms with Crippen LogP contribution in [0.25, 0.3) is 22.7 Å². The molecule has 4 aromatic rings. The normalized spacial score (nSPS) is 21.4. The molecule has 2 unspecified atom stereocenters. The van der Waals surface area contributed by atoms with Gasteiger partial charge in [0.05, 0.1) is 5.56 Å². The zero-order valence-electron chi connectivity index (χ0n) is 16.6. The summed E-state index contributed by atoms with van der Waals surface area (Å²) in [4.78, 5) is 22.7. The lowest BCUT2D eigenvalue weighted by molar-refractivity contribution is 0.246. The number of pyridine rings is 1. The van der Waals surface area contributed by atoms with Gasteiger partial charge in [0, 0.05) is 38.1 Å². The Balaban J connectivity index is 1.27. The van der Waals surface area contributed by atoms with E-state index >= 15 is 0 Å². The summed E-state index contributed by atoms with van der Waals surface area (Å²) >= 11 is 0. The molecule has 5 heterocycles. The Hall–Kier alpha value is -3.32. The van der Waals surface area contributed by atoms with Crippen molar-refractivity contribution < 1.29 is 4.42 Å². The van der Waals surface area contributed by atoms with Gasteiger partial charge < -0.3 is 9.32 Å². The number of hydrogen-bond donors (Lipinski definition) is 0. The van der Waals surface area contributed by atoms with E-state index in [0.717, 1.165) is 43.1 Å². The SMILES string of the molecule is c1ccc(CN2CCC3CN(c4ncnc5oc(-c6cccnc6)nc45)CC32)cc1. The fraction of sp³-hybridized carbons (Fsp3) is 0.304. The van der Waals surface area contributed by atoms with Crippen molar-refractivity contribution in [3.63, 3.8) is 0 Å². The lowest BCUT2D eigenvalue weighted by atomic mass is 10.0. The Bertz CT molecular complexity index is 1160. The van der Waals surface area contributed by atoms with E-state index in [-0.39, 0.29) is 0 Å². The highest BCUT2D eigenvalue weighted by molar-refractivity contribution is 5.84. The van der Waals surface area contributed by atoms with Crippen LogP contribution >= 0.6 is 0 Å². The number of benzene rings is 1. The topological polar surface area (TPSA) is 71.2 Å². The summed E-state index contributed by atoms with van der Waals surface area (Å²) in [5.41, 5.74) is 3.47. The quantitative estimate of drug-likeness (QED) is 0.522. The van der Waals surface area contributed by atoms with Crippen molar-refractivity contribution in [2.75, 3.05) is 24.5 Å². The highest BCUT2D eigenvalue weighted by Gasteiger charge is 2.42. The highest BCUT2D eigenvalue weighted by Crippen LogP contribution is 2.36. The van der Waals surface area contributed by atoms with Gasteiger partial charge in [0.1, 0.15) is 6.33 Å². The molecule has 0 amide bonds. The molecule has 2 fully saturated rings. The molecule has 2 aliphatic heterocycles. The van der Waals surface area contributed by atoms with Gasteiger partial charge >= 0.3 is 0 Å². The van der Waals surface area contributed by atoms with E-state index in [1.807, 2.05) is 12.1 Å². The molecule has 7 nitrogen and oxygen atoms in total. The monoisotopic (exact) mass is 398 g/mol. The highest BCUT2D eigenvalue weighted by atomic mass is 16.4. The molecule has 0 bridgehead atoms. The first-order valence-corrected chi connectivity index (χ1v) is 10.4. The van der Waals surface area contributed by atoms with Gasteiger partial charge in [-0.05, 0) is 36.6 Å². The third-order valence-electron chi connectivity index (χ3n) is 6.28. The summed E-state index contributed by atoms with van der Waals surface area (Å²) in [5, 5.41) is 0. The number of hydrogen-bond acceptors (Lipinski definition) is 7. The van der Waals surface area contributed by atoms with E-state index in [4.69, 9.17) is 9.40 Å². The number of anilines is 1. The first-order valence-electron chi connectivity index (χ1n) is 10.4. The van der Waals surface area contributed by atoms with E-state index < -0.39 is 0 Å². The molecule has 0 aliphatic carbocycles. The molecule has 1 aromatic carbocycles. The lowest BCUT2D eigenvalue weighted by Crippen LogP contribution is -2.35. The van der Waals surface area contributed by atoms with Gasteiger partial charge in [-0.25, -0.2) is 9.97 Å². The second-order valence-corrected chi connectivity index (χ2v) is 8.09. The Kier molecular flexibility index (Phi) is 4.19. The number of nitrogens with zero attached hydrogens (tertiary/aromatic N) is 6. The number of rotatable bonds is 4. The van der Waals surface area contributed by atoms with E-state index in [2.05, 4.69) is 55.1 Å². The average Bonchev–Trinajstić information content (AvgIpc) is 3.50. The van der Waals surface area contributed by atoms with Crippen molar-refractivity contribution in [1.29, 1.82) is 0 Å². The van der Waals surface area contributed by atoms with Crippen LogP contribution in [0.2, 0.25) is 0 Å². The minimum absolute atomic E-state index is 0.525. The molecule has 3 aromatic heterocycles. The largest absolute Gasteiger partial charge is 0.417 e. The second kappa shape index (κ2) is 7.18. The van der Waals surface area contributed by atoms with Crippen LogP contribution in [0.1, 0.15) is 12.0 Å². The molecule has 7 heteroatoms. The minimum Gasteiger partial charge on any atom is -0.417 e. The molecular formula is C23H22N6O. The van der Waals surface area contributed by atoms with Crippen LogP contribution < -0.4 is 4.90 Å². The molecule has 0 N–H and O–H groups in total. The summed E-state index contributed by atoms with van der Waals surface area (Å²) in [6.07, 6.45) is 6.29. The fourth-order valence-electron chi connectivity index (χ4n) is 4.82. The molecule has 2 aliphatic rings. The van der Waals surface area contributed by atoms with Crippen LogP contribution in [0.3, 0.4) is 0 Å². The maximum Gasteiger partial charge on any atom is 0.252 e. The van der Waals surface area contributed by atoms with E-state index in [9.17, 15) is 0 Å². The average molecular weight is 398 g/mol. The van der Waals surface area contributed by atoms with Crippen molar-refractivity contribution in [3.05, 3.63) is 66.7 Å². The molecular weight excluding hydrogens is 376 g/mol. The van der Waals surface area contributed by atoms with Gasteiger partial charge in [0.15, 0.2) is 11.3 Å². The summed E-state index contributed by atoms with van der Waals surface area (Å²) in [7, 11) is 0. The van der Waals surface area contributed by atoms with Gasteiger partial charge in [0.2, 0.25) is 5.89 Å². The molecule has 2 atom stereocenters. The van der Waals surface area contributed by atoms with Crippen molar-refractivity contribution in [3.8, 4) is 11.5 Å². The van der Waals surface area contributed by atoms with Crippen LogP contribution in [0, 0.1) is 5.92 Å². The van der Waals surface area contributed by atoms with Gasteiger partial charge in [-0.2, -0.15) is 4.98 Å². The summed E-state index contributed by atoms with van der Waals surface area (Å²) in [5.74, 6) is 2.06. The van der Waals surface area contributed by atoms with Crippen LogP contribution in [0.15, 0.2) is 65.6 Å². The zero-order valence-corrected chi connectivity index (χ0v) is 16.6. The number of aromatic nitrogens is 4. The zero-order chi connectivity index (χ0) is 19.9. The molecule has 0 saturated carbocycles. The van der Waals surface area contributed by atoms with Crippen LogP contribution in [-0.2, 0) is 6.54 Å². The predicted octanol–water partition coefficient (Wildman–Crippen LogP) is 3.39. The van der Waals surface area contributed by atoms with Gasteiger partial charge in [-0.15, -0.1) is 0 Å². The number of likely N-dealkylation sites (tertiary alicyclic amines) is 1. The van der Waals surface area contributed by atoms with Crippen molar-refractivity contribution in [1.82, 2.24) is 24.8 Å². The summed E-state index contributed by atoms with van der Waals surface area (Å²) in [6.45, 7) is 4.12. The van der Waals surface area contributed by atoms with Crippen LogP contribution in [0.5, 0.6) is 0 Å². The van der Waals surface area contributed by atoms with Gasteiger partial charge in [-0.3, -0.25) is 9.88 Å². The first kappa shape index (κ1) is 17.5. The van der Waals surface area contributed by atoms with E-state index in [1.165, 1.54) is 12.0 Å². The van der Waals surface area contributed by atoms with Gasteiger partial charge in [-0.1, -0.05) is 30.3 Å². The van der Waals surface area contributed by atoms with Gasteiger partial charge in [0.25, 0.3) is 5.71 Å². The Morgan fingerprint density at radius 3 is 2.83 bits per heavy atom. The Morgan fingerprint density at radius 2 is 1.97 bits per heavy atom.